The first kappa shape index (κ1) is 20.3. The molecule has 4 rings (SSSR count). The van der Waals surface area contributed by atoms with E-state index < -0.39 is 0 Å². The van der Waals surface area contributed by atoms with Crippen molar-refractivity contribution < 1.29 is 0 Å². The van der Waals surface area contributed by atoms with E-state index in [4.69, 9.17) is 5.73 Å². The van der Waals surface area contributed by atoms with Crippen molar-refractivity contribution in [2.24, 2.45) is 12.8 Å². The third kappa shape index (κ3) is 4.15. The molecule has 4 aromatic rings. The van der Waals surface area contributed by atoms with E-state index in [1.54, 1.807) is 18.5 Å². The molecular weight excluding hydrogens is 386 g/mol. The van der Waals surface area contributed by atoms with Crippen LogP contribution in [0.25, 0.3) is 22.6 Å². The van der Waals surface area contributed by atoms with Crippen LogP contribution < -0.4 is 10.6 Å². The van der Waals surface area contributed by atoms with Crippen molar-refractivity contribution in [2.75, 3.05) is 18.5 Å². The van der Waals surface area contributed by atoms with Gasteiger partial charge in [0.15, 0.2) is 5.82 Å². The van der Waals surface area contributed by atoms with Crippen LogP contribution in [0.5, 0.6) is 0 Å². The summed E-state index contributed by atoms with van der Waals surface area (Å²) in [5, 5.41) is 14.1. The van der Waals surface area contributed by atoms with Crippen LogP contribution in [0.15, 0.2) is 67.0 Å². The van der Waals surface area contributed by atoms with Crippen LogP contribution in [0.3, 0.4) is 0 Å². The maximum atomic E-state index is 9.45. The average molecular weight is 409 g/mol. The zero-order chi connectivity index (χ0) is 21.8. The second kappa shape index (κ2) is 8.78. The molecular formula is C24H23N7. The maximum Gasteiger partial charge on any atom is 0.161 e. The molecule has 2 aromatic heterocycles. The molecule has 0 aliphatic heterocycles. The Labute approximate surface area is 181 Å². The molecule has 7 nitrogen and oxygen atoms in total. The van der Waals surface area contributed by atoms with Gasteiger partial charge in [0.05, 0.1) is 23.0 Å². The molecule has 7 heteroatoms. The normalized spacial score (nSPS) is 10.6. The van der Waals surface area contributed by atoms with Crippen molar-refractivity contribution in [1.29, 1.82) is 5.26 Å². The predicted molar refractivity (Wildman–Crippen MR) is 122 cm³/mol. The van der Waals surface area contributed by atoms with Crippen molar-refractivity contribution in [1.82, 2.24) is 19.7 Å². The molecule has 0 bridgehead atoms. The quantitative estimate of drug-likeness (QED) is 0.522. The molecule has 0 spiro atoms. The second-order valence-electron chi connectivity index (χ2n) is 7.23. The SMILES string of the molecule is CN(c1cc(C#N)ccc1-c1ncc(CCN)cn1)c1cc(-c2ccccc2)nn1C. The standard InChI is InChI=1S/C24H23N7/c1-30(23-13-21(29-31(23)2)19-6-4-3-5-7-19)22-12-17(14-26)8-9-20(22)24-27-15-18(10-11-25)16-28-24/h3-9,12-13,15-16H,10-11,25H2,1-2H3. The first-order valence-electron chi connectivity index (χ1n) is 9.99. The number of rotatable bonds is 6. The van der Waals surface area contributed by atoms with Gasteiger partial charge < -0.3 is 10.6 Å². The number of nitriles is 1. The Morgan fingerprint density at radius 2 is 1.81 bits per heavy atom. The number of anilines is 2. The van der Waals surface area contributed by atoms with Crippen molar-refractivity contribution in [3.63, 3.8) is 0 Å². The van der Waals surface area contributed by atoms with Crippen molar-refractivity contribution in [3.8, 4) is 28.7 Å². The van der Waals surface area contributed by atoms with Crippen LogP contribution in [-0.4, -0.2) is 33.3 Å². The summed E-state index contributed by atoms with van der Waals surface area (Å²) in [5.41, 5.74) is 10.8. The molecule has 0 unspecified atom stereocenters. The van der Waals surface area contributed by atoms with E-state index in [0.29, 0.717) is 17.9 Å². The summed E-state index contributed by atoms with van der Waals surface area (Å²) in [6, 6.07) is 19.8. The first-order valence-corrected chi connectivity index (χ1v) is 9.99. The van der Waals surface area contributed by atoms with E-state index in [2.05, 4.69) is 21.1 Å². The van der Waals surface area contributed by atoms with E-state index in [1.807, 2.05) is 72.2 Å². The number of aromatic nitrogens is 4. The van der Waals surface area contributed by atoms with Gasteiger partial charge in [0.25, 0.3) is 0 Å². The summed E-state index contributed by atoms with van der Waals surface area (Å²) in [4.78, 5) is 11.1. The summed E-state index contributed by atoms with van der Waals surface area (Å²) < 4.78 is 1.83. The first-order chi connectivity index (χ1) is 15.1. The highest BCUT2D eigenvalue weighted by Gasteiger charge is 2.18. The van der Waals surface area contributed by atoms with Crippen LogP contribution in [0.4, 0.5) is 11.5 Å². The van der Waals surface area contributed by atoms with E-state index >= 15 is 0 Å². The summed E-state index contributed by atoms with van der Waals surface area (Å²) >= 11 is 0. The summed E-state index contributed by atoms with van der Waals surface area (Å²) in [5.74, 6) is 1.48. The number of nitrogens with two attached hydrogens (primary N) is 1. The van der Waals surface area contributed by atoms with Crippen LogP contribution in [-0.2, 0) is 13.5 Å². The smallest absolute Gasteiger partial charge is 0.161 e. The molecule has 0 amide bonds. The van der Waals surface area contributed by atoms with Crippen LogP contribution in [0, 0.1) is 11.3 Å². The molecule has 2 N–H and O–H groups in total. The molecule has 2 heterocycles. The number of nitrogens with zero attached hydrogens (tertiary/aromatic N) is 6. The van der Waals surface area contributed by atoms with Crippen LogP contribution in [0.1, 0.15) is 11.1 Å². The lowest BCUT2D eigenvalue weighted by molar-refractivity contribution is 0.763. The maximum absolute atomic E-state index is 9.45. The average Bonchev–Trinajstić information content (AvgIpc) is 3.21. The highest BCUT2D eigenvalue weighted by Crippen LogP contribution is 2.34. The van der Waals surface area contributed by atoms with Gasteiger partial charge in [-0.3, -0.25) is 4.68 Å². The van der Waals surface area contributed by atoms with E-state index in [9.17, 15) is 5.26 Å². The zero-order valence-corrected chi connectivity index (χ0v) is 17.5. The molecule has 0 fully saturated rings. The molecule has 0 radical (unpaired) electrons. The monoisotopic (exact) mass is 409 g/mol. The highest BCUT2D eigenvalue weighted by molar-refractivity contribution is 5.80. The van der Waals surface area contributed by atoms with Crippen molar-refractivity contribution >= 4 is 11.5 Å². The minimum absolute atomic E-state index is 0.553. The Morgan fingerprint density at radius 1 is 1.06 bits per heavy atom. The topological polar surface area (TPSA) is 96.7 Å². The number of hydrogen-bond donors (Lipinski definition) is 1. The minimum Gasteiger partial charge on any atom is -0.330 e. The van der Waals surface area contributed by atoms with Gasteiger partial charge in [-0.2, -0.15) is 10.4 Å². The van der Waals surface area contributed by atoms with Gasteiger partial charge in [0.2, 0.25) is 0 Å². The van der Waals surface area contributed by atoms with Crippen LogP contribution >= 0.6 is 0 Å². The molecule has 0 atom stereocenters. The van der Waals surface area contributed by atoms with Crippen molar-refractivity contribution in [2.45, 2.75) is 6.42 Å². The van der Waals surface area contributed by atoms with E-state index in [0.717, 1.165) is 40.3 Å². The second-order valence-corrected chi connectivity index (χ2v) is 7.23. The summed E-state index contributed by atoms with van der Waals surface area (Å²) in [6.07, 6.45) is 4.33. The van der Waals surface area contributed by atoms with Gasteiger partial charge in [-0.1, -0.05) is 30.3 Å². The lowest BCUT2D eigenvalue weighted by Gasteiger charge is -2.22. The fraction of sp³-hybridized carbons (Fsp3) is 0.167. The molecule has 0 saturated carbocycles. The Hall–Kier alpha value is -4.02. The Morgan fingerprint density at radius 3 is 2.48 bits per heavy atom. The molecule has 0 saturated heterocycles. The lowest BCUT2D eigenvalue weighted by Crippen LogP contribution is -2.15. The number of benzene rings is 2. The Kier molecular flexibility index (Phi) is 5.74. The third-order valence-corrected chi connectivity index (χ3v) is 5.14. The molecule has 154 valence electrons. The number of aryl methyl sites for hydroxylation is 1. The largest absolute Gasteiger partial charge is 0.330 e. The minimum atomic E-state index is 0.553. The van der Waals surface area contributed by atoms with E-state index in [1.165, 1.54) is 0 Å². The molecule has 31 heavy (non-hydrogen) atoms. The fourth-order valence-electron chi connectivity index (χ4n) is 3.50. The zero-order valence-electron chi connectivity index (χ0n) is 17.5. The third-order valence-electron chi connectivity index (χ3n) is 5.14. The van der Waals surface area contributed by atoms with Gasteiger partial charge in [-0.25, -0.2) is 9.97 Å². The van der Waals surface area contributed by atoms with Gasteiger partial charge in [0, 0.05) is 43.7 Å². The predicted octanol–water partition coefficient (Wildman–Crippen LogP) is 3.68. The highest BCUT2D eigenvalue weighted by atomic mass is 15.4. The molecule has 0 aliphatic carbocycles. The Balaban J connectivity index is 1.77. The van der Waals surface area contributed by atoms with Crippen LogP contribution in [0.2, 0.25) is 0 Å². The van der Waals surface area contributed by atoms with Gasteiger partial charge in [-0.15, -0.1) is 0 Å². The molecule has 2 aromatic carbocycles. The lowest BCUT2D eigenvalue weighted by atomic mass is 10.1. The summed E-state index contributed by atoms with van der Waals surface area (Å²) in [6.45, 7) is 0.553. The number of hydrogen-bond acceptors (Lipinski definition) is 6. The van der Waals surface area contributed by atoms with Gasteiger partial charge in [-0.05, 0) is 36.7 Å². The van der Waals surface area contributed by atoms with Gasteiger partial charge >= 0.3 is 0 Å². The van der Waals surface area contributed by atoms with E-state index in [-0.39, 0.29) is 0 Å². The summed E-state index contributed by atoms with van der Waals surface area (Å²) in [7, 11) is 3.86. The fourth-order valence-corrected chi connectivity index (χ4v) is 3.50. The molecule has 0 aliphatic rings. The Bertz CT molecular complexity index is 1220. The van der Waals surface area contributed by atoms with Gasteiger partial charge in [0.1, 0.15) is 5.82 Å². The van der Waals surface area contributed by atoms with Crippen molar-refractivity contribution in [3.05, 3.63) is 78.1 Å².